The van der Waals surface area contributed by atoms with E-state index in [0.717, 1.165) is 15.7 Å². The average molecular weight is 608 g/mol. The number of H-pyrrole nitrogens is 1. The van der Waals surface area contributed by atoms with E-state index in [2.05, 4.69) is 19.0 Å². The normalized spacial score (nSPS) is 10.7. The van der Waals surface area contributed by atoms with Gasteiger partial charge in [0.1, 0.15) is 17.3 Å². The molecule has 0 bridgehead atoms. The topological polar surface area (TPSA) is 319 Å². The zero-order valence-electron chi connectivity index (χ0n) is 16.3. The molecular formula is C14H23IN6O9P2. The van der Waals surface area contributed by atoms with Crippen LogP contribution in [-0.2, 0) is 9.13 Å². The van der Waals surface area contributed by atoms with Gasteiger partial charge < -0.3 is 38.6 Å². The number of halogens is 1. The molecule has 0 amide bonds. The molecule has 0 spiro atoms. The van der Waals surface area contributed by atoms with Crippen LogP contribution in [0.1, 0.15) is 0 Å². The van der Waals surface area contributed by atoms with E-state index in [4.69, 9.17) is 19.6 Å². The number of hydrogen-bond acceptors (Lipinski definition) is 10. The first-order chi connectivity index (χ1) is 12.9. The van der Waals surface area contributed by atoms with E-state index in [9.17, 15) is 13.9 Å². The van der Waals surface area contributed by atoms with Crippen molar-refractivity contribution in [2.24, 2.45) is 0 Å². The molecule has 32 heavy (non-hydrogen) atoms. The molecule has 0 fully saturated rings. The van der Waals surface area contributed by atoms with Crippen molar-refractivity contribution in [2.45, 2.75) is 0 Å². The van der Waals surface area contributed by atoms with Gasteiger partial charge in [-0.25, -0.2) is 14.1 Å². The first-order valence-corrected chi connectivity index (χ1v) is 11.4. The third-order valence-electron chi connectivity index (χ3n) is 3.32. The maximum Gasteiger partial charge on any atom is 0.524 e. The number of aromatic amines is 1. The Bertz CT molecular complexity index is 1230. The van der Waals surface area contributed by atoms with Crippen molar-refractivity contribution in [3.05, 3.63) is 50.3 Å². The van der Waals surface area contributed by atoms with E-state index in [0.29, 0.717) is 10.9 Å². The Kier molecular flexibility index (Phi) is 11.9. The zero-order valence-corrected chi connectivity index (χ0v) is 20.3. The van der Waals surface area contributed by atoms with Crippen LogP contribution in [0.5, 0.6) is 11.5 Å². The predicted molar refractivity (Wildman–Crippen MR) is 126 cm³/mol. The maximum absolute atomic E-state index is 12.4. The molecule has 0 aliphatic rings. The second-order valence-corrected chi connectivity index (χ2v) is 8.97. The minimum absolute atomic E-state index is 0. The smallest absolute Gasteiger partial charge is 0.404 e. The van der Waals surface area contributed by atoms with E-state index in [1.165, 1.54) is 6.07 Å². The molecule has 1 heterocycles. The van der Waals surface area contributed by atoms with Gasteiger partial charge >= 0.3 is 15.6 Å². The second-order valence-electron chi connectivity index (χ2n) is 5.40. The summed E-state index contributed by atoms with van der Waals surface area (Å²) in [6.07, 6.45) is 0. The summed E-state index contributed by atoms with van der Waals surface area (Å²) in [5, 5.41) is 0.314. The first kappa shape index (κ1) is 32.2. The van der Waals surface area contributed by atoms with E-state index in [-0.39, 0.29) is 36.0 Å². The minimum Gasteiger partial charge on any atom is -0.404 e. The van der Waals surface area contributed by atoms with Gasteiger partial charge in [0.25, 0.3) is 5.56 Å². The summed E-state index contributed by atoms with van der Waals surface area (Å²) >= 11 is 2.03. The molecule has 0 radical (unpaired) electrons. The minimum atomic E-state index is -5.04. The lowest BCUT2D eigenvalue weighted by molar-refractivity contribution is 0.280. The number of phosphoric acid groups is 2. The van der Waals surface area contributed by atoms with Crippen LogP contribution >= 0.6 is 38.2 Å². The molecule has 0 saturated heterocycles. The Balaban J connectivity index is 0. The summed E-state index contributed by atoms with van der Waals surface area (Å²) < 4.78 is 32.1. The summed E-state index contributed by atoms with van der Waals surface area (Å²) in [4.78, 5) is 55.1. The number of benzene rings is 2. The van der Waals surface area contributed by atoms with Gasteiger partial charge in [0.15, 0.2) is 0 Å². The number of rotatable bonds is 5. The fourth-order valence-electron chi connectivity index (χ4n) is 2.33. The molecule has 17 N–H and O–H groups in total. The molecule has 180 valence electrons. The van der Waals surface area contributed by atoms with Crippen LogP contribution in [0.3, 0.4) is 0 Å². The number of phosphoric ester groups is 2. The monoisotopic (exact) mass is 608 g/mol. The fourth-order valence-corrected chi connectivity index (χ4v) is 3.62. The molecular weight excluding hydrogens is 585 g/mol. The molecule has 0 unspecified atom stereocenters. The maximum atomic E-state index is 12.4. The van der Waals surface area contributed by atoms with E-state index in [1.54, 1.807) is 18.2 Å². The number of nitrogens with zero attached hydrogens (tertiary/aromatic N) is 1. The van der Waals surface area contributed by atoms with Crippen molar-refractivity contribution in [1.82, 2.24) is 34.6 Å². The molecule has 0 saturated carbocycles. The molecule has 15 nitrogen and oxygen atoms in total. The third-order valence-corrected chi connectivity index (χ3v) is 4.87. The Morgan fingerprint density at radius 1 is 0.875 bits per heavy atom. The molecule has 0 aliphatic carbocycles. The van der Waals surface area contributed by atoms with Crippen LogP contribution < -0.4 is 39.2 Å². The summed E-state index contributed by atoms with van der Waals surface area (Å²) in [7, 11) is -9.96. The van der Waals surface area contributed by atoms with Crippen LogP contribution in [0.4, 0.5) is 0 Å². The standard InChI is InChI=1S/C14H11IN2O9P2.4H3N/c15-7-1-4-11-10(5-7)14(18)17-13(16-11)9-3-2-8(25-27(19,20)21)6-12(9)26-28(22,23)24;;;;/h1-6H,(H,16,17,18)(H2,19,20,21)(H2,22,23,24);4*1H3. The van der Waals surface area contributed by atoms with Crippen LogP contribution in [0.2, 0.25) is 0 Å². The van der Waals surface area contributed by atoms with Gasteiger partial charge in [-0.3, -0.25) is 24.4 Å². The highest BCUT2D eigenvalue weighted by Gasteiger charge is 2.23. The Morgan fingerprint density at radius 2 is 1.47 bits per heavy atom. The highest BCUT2D eigenvalue weighted by Crippen LogP contribution is 2.45. The second kappa shape index (κ2) is 11.8. The van der Waals surface area contributed by atoms with Gasteiger partial charge in [0.2, 0.25) is 0 Å². The number of nitrogens with one attached hydrogen (secondary N) is 1. The van der Waals surface area contributed by atoms with Crippen molar-refractivity contribution < 1.29 is 37.8 Å². The summed E-state index contributed by atoms with van der Waals surface area (Å²) in [5.41, 5.74) is -0.188. The summed E-state index contributed by atoms with van der Waals surface area (Å²) in [6.45, 7) is 0. The van der Waals surface area contributed by atoms with Crippen molar-refractivity contribution in [3.8, 4) is 22.9 Å². The first-order valence-electron chi connectivity index (χ1n) is 7.25. The summed E-state index contributed by atoms with van der Waals surface area (Å²) in [6, 6.07) is 8.13. The van der Waals surface area contributed by atoms with Crippen molar-refractivity contribution in [2.75, 3.05) is 0 Å². The predicted octanol–water partition coefficient (Wildman–Crippen LogP) is 2.79. The quantitative estimate of drug-likeness (QED) is 0.149. The third kappa shape index (κ3) is 8.19. The highest BCUT2D eigenvalue weighted by molar-refractivity contribution is 14.1. The zero-order chi connectivity index (χ0) is 20.7. The van der Waals surface area contributed by atoms with Gasteiger partial charge in [-0.05, 0) is 52.9 Å². The van der Waals surface area contributed by atoms with E-state index in [1.807, 2.05) is 22.6 Å². The lowest BCUT2D eigenvalue weighted by Gasteiger charge is -2.14. The molecule has 3 rings (SSSR count). The molecule has 18 heteroatoms. The van der Waals surface area contributed by atoms with E-state index >= 15 is 0 Å². The van der Waals surface area contributed by atoms with Crippen molar-refractivity contribution >= 4 is 49.1 Å². The van der Waals surface area contributed by atoms with Crippen LogP contribution in [0.25, 0.3) is 22.3 Å². The van der Waals surface area contributed by atoms with Gasteiger partial charge in [-0.15, -0.1) is 0 Å². The molecule has 3 aromatic rings. The Hall–Kier alpha value is -1.95. The van der Waals surface area contributed by atoms with Crippen molar-refractivity contribution in [3.63, 3.8) is 0 Å². The lowest BCUT2D eigenvalue weighted by Crippen LogP contribution is -2.10. The number of fused-ring (bicyclic) bond motifs is 1. The van der Waals surface area contributed by atoms with Gasteiger partial charge in [0.05, 0.1) is 16.5 Å². The molecule has 1 aromatic heterocycles. The lowest BCUT2D eigenvalue weighted by atomic mass is 10.1. The number of aromatic nitrogens is 2. The van der Waals surface area contributed by atoms with Crippen LogP contribution in [0.15, 0.2) is 41.2 Å². The molecule has 0 atom stereocenters. The Morgan fingerprint density at radius 3 is 2.03 bits per heavy atom. The largest absolute Gasteiger partial charge is 0.524 e. The highest BCUT2D eigenvalue weighted by atomic mass is 127. The average Bonchev–Trinajstić information content (AvgIpc) is 2.52. The van der Waals surface area contributed by atoms with Gasteiger partial charge in [0, 0.05) is 9.64 Å². The summed E-state index contributed by atoms with van der Waals surface area (Å²) in [5.74, 6) is -0.963. The molecule has 2 aromatic carbocycles. The van der Waals surface area contributed by atoms with Crippen LogP contribution in [-0.4, -0.2) is 29.5 Å². The van der Waals surface area contributed by atoms with Gasteiger partial charge in [-0.1, -0.05) is 0 Å². The van der Waals surface area contributed by atoms with E-state index < -0.39 is 32.7 Å². The number of hydrogen-bond donors (Lipinski definition) is 9. The SMILES string of the molecule is N.N.N.N.O=c1[nH]c(-c2ccc(OP(=O)(O)O)cc2OP(=O)(O)O)nc2ccc(I)cc12. The van der Waals surface area contributed by atoms with Crippen LogP contribution in [0, 0.1) is 3.57 Å². The Labute approximate surface area is 194 Å². The van der Waals surface area contributed by atoms with Gasteiger partial charge in [-0.2, -0.15) is 0 Å². The van der Waals surface area contributed by atoms with Crippen molar-refractivity contribution in [1.29, 1.82) is 0 Å². The molecule has 0 aliphatic heterocycles. The fraction of sp³-hybridized carbons (Fsp3) is 0.